The summed E-state index contributed by atoms with van der Waals surface area (Å²) in [6, 6.07) is 3.61. The van der Waals surface area contributed by atoms with Crippen molar-refractivity contribution in [2.45, 2.75) is 38.3 Å². The molecule has 2 aromatic rings. The molecule has 0 saturated carbocycles. The maximum atomic E-state index is 12.3. The van der Waals surface area contributed by atoms with Gasteiger partial charge in [-0.25, -0.2) is 8.42 Å². The van der Waals surface area contributed by atoms with Crippen molar-refractivity contribution in [2.75, 3.05) is 4.72 Å². The number of nitrogens with zero attached hydrogens (tertiary/aromatic N) is 1. The van der Waals surface area contributed by atoms with Crippen LogP contribution in [-0.2, 0) is 16.6 Å². The molecule has 0 aliphatic carbocycles. The Bertz CT molecular complexity index is 707. The highest BCUT2D eigenvalue weighted by atomic mass is 32.2. The summed E-state index contributed by atoms with van der Waals surface area (Å²) >= 11 is 0. The highest BCUT2D eigenvalue weighted by molar-refractivity contribution is 7.92. The third-order valence-corrected chi connectivity index (χ3v) is 4.34. The number of aromatic amines is 1. The maximum absolute atomic E-state index is 12.3. The number of hydrogen-bond acceptors (Lipinski definition) is 4. The van der Waals surface area contributed by atoms with Crippen LogP contribution in [0.3, 0.4) is 0 Å². The van der Waals surface area contributed by atoms with E-state index in [9.17, 15) is 8.42 Å². The molecule has 6 nitrogen and oxygen atoms in total. The summed E-state index contributed by atoms with van der Waals surface area (Å²) < 4.78 is 27.2. The summed E-state index contributed by atoms with van der Waals surface area (Å²) in [5, 5.41) is 3.23. The van der Waals surface area contributed by atoms with Crippen molar-refractivity contribution in [3.05, 3.63) is 42.0 Å². The highest BCUT2D eigenvalue weighted by Crippen LogP contribution is 2.19. The first-order valence-electron chi connectivity index (χ1n) is 6.72. The fourth-order valence-corrected chi connectivity index (χ4v) is 2.93. The lowest BCUT2D eigenvalue weighted by atomic mass is 10.3. The van der Waals surface area contributed by atoms with Crippen LogP contribution in [-0.4, -0.2) is 24.4 Å². The van der Waals surface area contributed by atoms with Crippen molar-refractivity contribution in [3.8, 4) is 0 Å². The molecule has 0 radical (unpaired) electrons. The Morgan fingerprint density at radius 3 is 2.81 bits per heavy atom. The van der Waals surface area contributed by atoms with E-state index in [-0.39, 0.29) is 4.90 Å². The van der Waals surface area contributed by atoms with Gasteiger partial charge in [0.05, 0.1) is 5.69 Å². The van der Waals surface area contributed by atoms with Crippen molar-refractivity contribution < 1.29 is 8.42 Å². The molecule has 21 heavy (non-hydrogen) atoms. The second kappa shape index (κ2) is 6.28. The van der Waals surface area contributed by atoms with Crippen LogP contribution in [0.15, 0.2) is 35.6 Å². The average Bonchev–Trinajstić information content (AvgIpc) is 2.88. The van der Waals surface area contributed by atoms with E-state index in [4.69, 9.17) is 0 Å². The first-order valence-corrected chi connectivity index (χ1v) is 8.21. The van der Waals surface area contributed by atoms with E-state index in [1.54, 1.807) is 31.5 Å². The van der Waals surface area contributed by atoms with E-state index >= 15 is 0 Å². The Hall–Kier alpha value is -1.86. The second-order valence-electron chi connectivity index (χ2n) is 5.19. The Morgan fingerprint density at radius 1 is 1.38 bits per heavy atom. The zero-order valence-electron chi connectivity index (χ0n) is 12.3. The topological polar surface area (TPSA) is 86.9 Å². The lowest BCUT2D eigenvalue weighted by Crippen LogP contribution is -2.21. The van der Waals surface area contributed by atoms with Gasteiger partial charge in [-0.3, -0.25) is 9.71 Å². The number of nitrogens with one attached hydrogen (secondary N) is 3. The van der Waals surface area contributed by atoms with Gasteiger partial charge in [0.1, 0.15) is 4.90 Å². The molecular weight excluding hydrogens is 288 g/mol. The fraction of sp³-hybridized carbons (Fsp3) is 0.357. The highest BCUT2D eigenvalue weighted by Gasteiger charge is 2.17. The monoisotopic (exact) mass is 308 g/mol. The quantitative estimate of drug-likeness (QED) is 0.762. The standard InChI is InChI=1S/C14H20N4O2S/c1-10(2)16-8-12-6-13(9-17-12)21(19,20)18-14-4-5-15-7-11(14)3/h4-7,9-10,16-17H,8H2,1-3H3,(H,15,18). The first kappa shape index (κ1) is 15.5. The molecule has 2 heterocycles. The molecule has 114 valence electrons. The Labute approximate surface area is 125 Å². The molecule has 0 spiro atoms. The second-order valence-corrected chi connectivity index (χ2v) is 6.87. The largest absolute Gasteiger partial charge is 0.363 e. The summed E-state index contributed by atoms with van der Waals surface area (Å²) in [7, 11) is -3.59. The molecular formula is C14H20N4O2S. The van der Waals surface area contributed by atoms with Gasteiger partial charge in [0.2, 0.25) is 0 Å². The van der Waals surface area contributed by atoms with Crippen LogP contribution in [0.4, 0.5) is 5.69 Å². The van der Waals surface area contributed by atoms with E-state index in [2.05, 4.69) is 20.0 Å². The molecule has 0 aromatic carbocycles. The third-order valence-electron chi connectivity index (χ3n) is 2.99. The number of H-pyrrole nitrogens is 1. The molecule has 2 rings (SSSR count). The number of aryl methyl sites for hydroxylation is 1. The van der Waals surface area contributed by atoms with Gasteiger partial charge in [0, 0.05) is 36.9 Å². The summed E-state index contributed by atoms with van der Waals surface area (Å²) in [6.07, 6.45) is 4.67. The minimum Gasteiger partial charge on any atom is -0.363 e. The van der Waals surface area contributed by atoms with Crippen molar-refractivity contribution >= 4 is 15.7 Å². The molecule has 2 aromatic heterocycles. The van der Waals surface area contributed by atoms with Gasteiger partial charge in [-0.2, -0.15) is 0 Å². The van der Waals surface area contributed by atoms with E-state index < -0.39 is 10.0 Å². The van der Waals surface area contributed by atoms with Gasteiger partial charge in [-0.15, -0.1) is 0 Å². The van der Waals surface area contributed by atoms with Gasteiger partial charge in [0.15, 0.2) is 0 Å². The van der Waals surface area contributed by atoms with Crippen LogP contribution in [0.2, 0.25) is 0 Å². The minimum atomic E-state index is -3.59. The number of hydrogen-bond donors (Lipinski definition) is 3. The Kier molecular flexibility index (Phi) is 4.64. The molecule has 0 saturated heterocycles. The van der Waals surface area contributed by atoms with Crippen LogP contribution in [0, 0.1) is 6.92 Å². The van der Waals surface area contributed by atoms with Crippen molar-refractivity contribution in [1.29, 1.82) is 0 Å². The SMILES string of the molecule is Cc1cnccc1NS(=O)(=O)c1c[nH]c(CNC(C)C)c1. The zero-order valence-corrected chi connectivity index (χ0v) is 13.2. The zero-order chi connectivity index (χ0) is 15.5. The molecule has 7 heteroatoms. The van der Waals surface area contributed by atoms with Crippen molar-refractivity contribution in [1.82, 2.24) is 15.3 Å². The van der Waals surface area contributed by atoms with E-state index in [0.29, 0.717) is 18.3 Å². The Morgan fingerprint density at radius 2 is 2.14 bits per heavy atom. The van der Waals surface area contributed by atoms with E-state index in [0.717, 1.165) is 11.3 Å². The van der Waals surface area contributed by atoms with E-state index in [1.807, 2.05) is 13.8 Å². The molecule has 0 unspecified atom stereocenters. The summed E-state index contributed by atoms with van der Waals surface area (Å²) in [4.78, 5) is 7.14. The predicted molar refractivity (Wildman–Crippen MR) is 82.6 cm³/mol. The van der Waals surface area contributed by atoms with Gasteiger partial charge < -0.3 is 10.3 Å². The normalized spacial score (nSPS) is 11.8. The summed E-state index contributed by atoms with van der Waals surface area (Å²) in [5.41, 5.74) is 2.14. The molecule has 0 aliphatic heterocycles. The van der Waals surface area contributed by atoms with E-state index in [1.165, 1.54) is 6.20 Å². The molecule has 3 N–H and O–H groups in total. The molecule has 0 aliphatic rings. The number of aromatic nitrogens is 2. The summed E-state index contributed by atoms with van der Waals surface area (Å²) in [5.74, 6) is 0. The van der Waals surface area contributed by atoms with Gasteiger partial charge >= 0.3 is 0 Å². The molecule has 0 atom stereocenters. The lowest BCUT2D eigenvalue weighted by Gasteiger charge is -2.08. The molecule has 0 amide bonds. The molecule has 0 fully saturated rings. The van der Waals surface area contributed by atoms with Crippen molar-refractivity contribution in [3.63, 3.8) is 0 Å². The molecule has 0 bridgehead atoms. The van der Waals surface area contributed by atoms with Crippen molar-refractivity contribution in [2.24, 2.45) is 0 Å². The summed E-state index contributed by atoms with van der Waals surface area (Å²) in [6.45, 7) is 6.48. The fourth-order valence-electron chi connectivity index (χ4n) is 1.78. The number of pyridine rings is 1. The predicted octanol–water partition coefficient (Wildman–Crippen LogP) is 2.02. The van der Waals surface area contributed by atoms with Crippen LogP contribution >= 0.6 is 0 Å². The van der Waals surface area contributed by atoms with Gasteiger partial charge in [-0.1, -0.05) is 13.8 Å². The van der Waals surface area contributed by atoms with Crippen LogP contribution < -0.4 is 10.0 Å². The van der Waals surface area contributed by atoms with Crippen LogP contribution in [0.1, 0.15) is 25.1 Å². The first-order chi connectivity index (χ1) is 9.88. The maximum Gasteiger partial charge on any atom is 0.263 e. The smallest absolute Gasteiger partial charge is 0.263 e. The van der Waals surface area contributed by atoms with Crippen LogP contribution in [0.25, 0.3) is 0 Å². The van der Waals surface area contributed by atoms with Gasteiger partial charge in [-0.05, 0) is 24.6 Å². The third kappa shape index (κ3) is 4.05. The number of anilines is 1. The average molecular weight is 308 g/mol. The number of sulfonamides is 1. The lowest BCUT2D eigenvalue weighted by molar-refractivity contribution is 0.582. The minimum absolute atomic E-state index is 0.222. The number of rotatable bonds is 6. The van der Waals surface area contributed by atoms with Crippen LogP contribution in [0.5, 0.6) is 0 Å². The van der Waals surface area contributed by atoms with Gasteiger partial charge in [0.25, 0.3) is 10.0 Å². The Balaban J connectivity index is 2.15.